The molecule has 0 aliphatic rings. The van der Waals surface area contributed by atoms with Gasteiger partial charge in [-0.1, -0.05) is 0 Å². The fraction of sp³-hybridized carbons (Fsp3) is 0.182. The Hall–Kier alpha value is -0.780. The normalized spacial score (nSPS) is 12.7. The molecule has 1 unspecified atom stereocenters. The second-order valence-electron chi connectivity index (χ2n) is 3.36. The van der Waals surface area contributed by atoms with Gasteiger partial charge in [-0.05, 0) is 34.1 Å². The van der Waals surface area contributed by atoms with Gasteiger partial charge in [0.15, 0.2) is 0 Å². The third-order valence-electron chi connectivity index (χ3n) is 2.13. The van der Waals surface area contributed by atoms with Gasteiger partial charge in [0.1, 0.15) is 5.82 Å². The zero-order chi connectivity index (χ0) is 11.5. The molecule has 16 heavy (non-hydrogen) atoms. The SMILES string of the molecule is OC(Cc1ccc(Br)s1)c1cncc(F)c1. The lowest BCUT2D eigenvalue weighted by Gasteiger charge is -2.08. The molecule has 0 saturated carbocycles. The van der Waals surface area contributed by atoms with Crippen LogP contribution in [0.4, 0.5) is 4.39 Å². The summed E-state index contributed by atoms with van der Waals surface area (Å²) in [6, 6.07) is 5.17. The predicted molar refractivity (Wildman–Crippen MR) is 64.9 cm³/mol. The van der Waals surface area contributed by atoms with Crippen LogP contribution in [0.1, 0.15) is 16.5 Å². The van der Waals surface area contributed by atoms with Crippen molar-refractivity contribution in [2.75, 3.05) is 0 Å². The zero-order valence-electron chi connectivity index (χ0n) is 8.23. The number of aromatic nitrogens is 1. The maximum absolute atomic E-state index is 12.9. The molecule has 1 N–H and O–H groups in total. The summed E-state index contributed by atoms with van der Waals surface area (Å²) in [6.07, 6.45) is 2.36. The second-order valence-corrected chi connectivity index (χ2v) is 5.91. The molecule has 84 valence electrons. The largest absolute Gasteiger partial charge is 0.388 e. The summed E-state index contributed by atoms with van der Waals surface area (Å²) in [5.74, 6) is -0.427. The Labute approximate surface area is 105 Å². The number of nitrogens with zero attached hydrogens (tertiary/aromatic N) is 1. The molecule has 0 bridgehead atoms. The van der Waals surface area contributed by atoms with E-state index in [1.165, 1.54) is 12.3 Å². The van der Waals surface area contributed by atoms with Gasteiger partial charge in [-0.2, -0.15) is 0 Å². The van der Waals surface area contributed by atoms with E-state index in [4.69, 9.17) is 0 Å². The molecule has 0 spiro atoms. The maximum Gasteiger partial charge on any atom is 0.141 e. The smallest absolute Gasteiger partial charge is 0.141 e. The lowest BCUT2D eigenvalue weighted by Crippen LogP contribution is -2.01. The van der Waals surface area contributed by atoms with E-state index in [1.807, 2.05) is 12.1 Å². The molecule has 0 amide bonds. The predicted octanol–water partition coefficient (Wildman–Crippen LogP) is 3.32. The van der Waals surface area contributed by atoms with Crippen molar-refractivity contribution < 1.29 is 9.50 Å². The molecule has 0 fully saturated rings. The average Bonchev–Trinajstić information content (AvgIpc) is 2.64. The van der Waals surface area contributed by atoms with E-state index in [0.29, 0.717) is 12.0 Å². The van der Waals surface area contributed by atoms with Gasteiger partial charge < -0.3 is 5.11 Å². The number of halogens is 2. The molecule has 2 aromatic rings. The molecule has 2 nitrogen and oxygen atoms in total. The minimum Gasteiger partial charge on any atom is -0.388 e. The van der Waals surface area contributed by atoms with Gasteiger partial charge >= 0.3 is 0 Å². The molecule has 5 heteroatoms. The molecule has 1 atom stereocenters. The van der Waals surface area contributed by atoms with Crippen molar-refractivity contribution in [1.29, 1.82) is 0 Å². The number of pyridine rings is 1. The first-order valence-corrected chi connectivity index (χ1v) is 6.29. The summed E-state index contributed by atoms with van der Waals surface area (Å²) >= 11 is 4.91. The minimum atomic E-state index is -0.714. The van der Waals surface area contributed by atoms with E-state index in [-0.39, 0.29) is 0 Å². The quantitative estimate of drug-likeness (QED) is 0.943. The fourth-order valence-corrected chi connectivity index (χ4v) is 2.90. The van der Waals surface area contributed by atoms with Gasteiger partial charge in [-0.25, -0.2) is 4.39 Å². The highest BCUT2D eigenvalue weighted by molar-refractivity contribution is 9.11. The van der Waals surface area contributed by atoms with Crippen molar-refractivity contribution in [1.82, 2.24) is 4.98 Å². The van der Waals surface area contributed by atoms with Gasteiger partial charge in [0, 0.05) is 23.1 Å². The van der Waals surface area contributed by atoms with Crippen LogP contribution < -0.4 is 0 Å². The van der Waals surface area contributed by atoms with Gasteiger partial charge in [0.2, 0.25) is 0 Å². The highest BCUT2D eigenvalue weighted by atomic mass is 79.9. The third kappa shape index (κ3) is 2.87. The molecule has 0 aliphatic carbocycles. The Morgan fingerprint density at radius 3 is 2.88 bits per heavy atom. The van der Waals surface area contributed by atoms with Crippen LogP contribution >= 0.6 is 27.3 Å². The van der Waals surface area contributed by atoms with Crippen LogP contribution in [0.2, 0.25) is 0 Å². The van der Waals surface area contributed by atoms with E-state index in [0.717, 1.165) is 14.9 Å². The Bertz CT molecular complexity index is 488. The number of hydrogen-bond donors (Lipinski definition) is 1. The van der Waals surface area contributed by atoms with E-state index in [2.05, 4.69) is 20.9 Å². The van der Waals surface area contributed by atoms with Gasteiger partial charge in [0.05, 0.1) is 16.1 Å². The van der Waals surface area contributed by atoms with Crippen molar-refractivity contribution in [3.63, 3.8) is 0 Å². The summed E-state index contributed by atoms with van der Waals surface area (Å²) in [5.41, 5.74) is 0.504. The molecule has 0 aromatic carbocycles. The zero-order valence-corrected chi connectivity index (χ0v) is 10.6. The van der Waals surface area contributed by atoms with Crippen LogP contribution in [0.3, 0.4) is 0 Å². The number of thiophene rings is 1. The minimum absolute atomic E-state index is 0.427. The molecule has 0 aliphatic heterocycles. The lowest BCUT2D eigenvalue weighted by molar-refractivity contribution is 0.178. The summed E-state index contributed by atoms with van der Waals surface area (Å²) < 4.78 is 13.9. The topological polar surface area (TPSA) is 33.1 Å². The second kappa shape index (κ2) is 5.03. The molecular formula is C11H9BrFNOS. The van der Waals surface area contributed by atoms with Crippen LogP contribution in [-0.2, 0) is 6.42 Å². The van der Waals surface area contributed by atoms with Crippen LogP contribution in [0.25, 0.3) is 0 Å². The first-order chi connectivity index (χ1) is 7.65. The Morgan fingerprint density at radius 2 is 2.25 bits per heavy atom. The Morgan fingerprint density at radius 1 is 1.44 bits per heavy atom. The van der Waals surface area contributed by atoms with Gasteiger partial charge in [-0.3, -0.25) is 4.98 Å². The van der Waals surface area contributed by atoms with E-state index >= 15 is 0 Å². The van der Waals surface area contributed by atoms with Crippen molar-refractivity contribution in [3.8, 4) is 0 Å². The van der Waals surface area contributed by atoms with Gasteiger partial charge in [-0.15, -0.1) is 11.3 Å². The highest BCUT2D eigenvalue weighted by Gasteiger charge is 2.11. The van der Waals surface area contributed by atoms with E-state index < -0.39 is 11.9 Å². The third-order valence-corrected chi connectivity index (χ3v) is 3.78. The monoisotopic (exact) mass is 301 g/mol. The van der Waals surface area contributed by atoms with Crippen LogP contribution in [0.15, 0.2) is 34.4 Å². The van der Waals surface area contributed by atoms with Crippen LogP contribution in [0, 0.1) is 5.82 Å². The molecule has 0 saturated heterocycles. The molecule has 2 aromatic heterocycles. The van der Waals surface area contributed by atoms with E-state index in [1.54, 1.807) is 11.3 Å². The first-order valence-electron chi connectivity index (χ1n) is 4.68. The van der Waals surface area contributed by atoms with Crippen molar-refractivity contribution in [2.45, 2.75) is 12.5 Å². The van der Waals surface area contributed by atoms with Crippen molar-refractivity contribution in [2.24, 2.45) is 0 Å². The number of aliphatic hydroxyl groups excluding tert-OH is 1. The highest BCUT2D eigenvalue weighted by Crippen LogP contribution is 2.26. The summed E-state index contributed by atoms with van der Waals surface area (Å²) in [5, 5.41) is 9.89. The Kier molecular flexibility index (Phi) is 3.68. The standard InChI is InChI=1S/C11H9BrFNOS/c12-11-2-1-9(16-11)4-10(15)7-3-8(13)6-14-5-7/h1-3,5-6,10,15H,4H2. The number of rotatable bonds is 3. The maximum atomic E-state index is 12.9. The van der Waals surface area contributed by atoms with Crippen molar-refractivity contribution >= 4 is 27.3 Å². The fourth-order valence-electron chi connectivity index (χ4n) is 1.38. The molecule has 2 rings (SSSR count). The molecule has 2 heterocycles. The lowest BCUT2D eigenvalue weighted by atomic mass is 10.1. The molecule has 0 radical (unpaired) electrons. The van der Waals surface area contributed by atoms with Gasteiger partial charge in [0.25, 0.3) is 0 Å². The number of aliphatic hydroxyl groups is 1. The molecular weight excluding hydrogens is 293 g/mol. The summed E-state index contributed by atoms with van der Waals surface area (Å²) in [4.78, 5) is 4.76. The van der Waals surface area contributed by atoms with Crippen LogP contribution in [0.5, 0.6) is 0 Å². The summed E-state index contributed by atoms with van der Waals surface area (Å²) in [6.45, 7) is 0. The van der Waals surface area contributed by atoms with Crippen LogP contribution in [-0.4, -0.2) is 10.1 Å². The summed E-state index contributed by atoms with van der Waals surface area (Å²) in [7, 11) is 0. The van der Waals surface area contributed by atoms with E-state index in [9.17, 15) is 9.50 Å². The Balaban J connectivity index is 2.11. The number of hydrogen-bond acceptors (Lipinski definition) is 3. The average molecular weight is 302 g/mol. The first kappa shape index (κ1) is 11.7. The van der Waals surface area contributed by atoms with Crippen molar-refractivity contribution in [3.05, 3.63) is 50.6 Å².